The molecule has 2 rings (SSSR count). The minimum Gasteiger partial charge on any atom is -0.299 e. The summed E-state index contributed by atoms with van der Waals surface area (Å²) in [6, 6.07) is 6.46. The van der Waals surface area contributed by atoms with Crippen LogP contribution in [0.1, 0.15) is 5.56 Å². The number of nitrogens with zero attached hydrogens (tertiary/aromatic N) is 3. The summed E-state index contributed by atoms with van der Waals surface area (Å²) in [4.78, 5) is 11.9. The number of carbonyl (C=O) groups is 1. The molecule has 0 atom stereocenters. The van der Waals surface area contributed by atoms with Gasteiger partial charge < -0.3 is 0 Å². The summed E-state index contributed by atoms with van der Waals surface area (Å²) in [6.07, 6.45) is 0. The van der Waals surface area contributed by atoms with Gasteiger partial charge in [0, 0.05) is 7.05 Å². The maximum atomic E-state index is 12.3. The lowest BCUT2D eigenvalue weighted by Crippen LogP contribution is -2.34. The van der Waals surface area contributed by atoms with Crippen molar-refractivity contribution in [3.8, 4) is 0 Å². The molecule has 0 aliphatic carbocycles. The van der Waals surface area contributed by atoms with Crippen molar-refractivity contribution in [1.29, 1.82) is 0 Å². The molecule has 2 aromatic rings. The van der Waals surface area contributed by atoms with E-state index in [4.69, 9.17) is 0 Å². The first-order valence-corrected chi connectivity index (χ1v) is 8.30. The predicted molar refractivity (Wildman–Crippen MR) is 79.5 cm³/mol. The van der Waals surface area contributed by atoms with Gasteiger partial charge in [-0.2, -0.15) is 4.31 Å². The van der Waals surface area contributed by atoms with Crippen LogP contribution in [-0.2, 0) is 14.8 Å². The number of hydrogen-bond acceptors (Lipinski definition) is 6. The van der Waals surface area contributed by atoms with E-state index < -0.39 is 15.9 Å². The van der Waals surface area contributed by atoms with Gasteiger partial charge in [-0.15, -0.1) is 10.2 Å². The molecule has 0 bridgehead atoms. The number of benzene rings is 1. The monoisotopic (exact) mass is 326 g/mol. The summed E-state index contributed by atoms with van der Waals surface area (Å²) in [5, 5.41) is 10.1. The van der Waals surface area contributed by atoms with E-state index in [1.165, 1.54) is 24.7 Å². The lowest BCUT2D eigenvalue weighted by molar-refractivity contribution is -0.116. The molecule has 0 fully saturated rings. The van der Waals surface area contributed by atoms with Crippen molar-refractivity contribution in [3.63, 3.8) is 0 Å². The van der Waals surface area contributed by atoms with E-state index in [-0.39, 0.29) is 11.4 Å². The third-order valence-electron chi connectivity index (χ3n) is 2.70. The fourth-order valence-electron chi connectivity index (χ4n) is 1.56. The fraction of sp³-hybridized carbons (Fsp3) is 0.250. The maximum Gasteiger partial charge on any atom is 0.243 e. The van der Waals surface area contributed by atoms with Crippen LogP contribution in [0, 0.1) is 6.92 Å². The van der Waals surface area contributed by atoms with Crippen LogP contribution in [0.5, 0.6) is 0 Å². The van der Waals surface area contributed by atoms with Gasteiger partial charge in [-0.1, -0.05) is 29.0 Å². The number of nitrogens with one attached hydrogen (secondary N) is 1. The second-order valence-corrected chi connectivity index (χ2v) is 7.24. The summed E-state index contributed by atoms with van der Waals surface area (Å²) >= 11 is 1.16. The predicted octanol–water partition coefficient (Wildman–Crippen LogP) is 1.11. The summed E-state index contributed by atoms with van der Waals surface area (Å²) in [5.74, 6) is -0.468. The highest BCUT2D eigenvalue weighted by Gasteiger charge is 2.23. The van der Waals surface area contributed by atoms with Crippen LogP contribution in [0.4, 0.5) is 5.13 Å². The highest BCUT2D eigenvalue weighted by molar-refractivity contribution is 7.89. The van der Waals surface area contributed by atoms with Crippen molar-refractivity contribution >= 4 is 32.4 Å². The molecule has 0 aliphatic heterocycles. The van der Waals surface area contributed by atoms with Crippen molar-refractivity contribution in [3.05, 3.63) is 35.3 Å². The third kappa shape index (κ3) is 3.84. The Bertz CT molecular complexity index is 711. The minimum atomic E-state index is -3.69. The Hall–Kier alpha value is -1.84. The zero-order valence-corrected chi connectivity index (χ0v) is 13.1. The molecule has 0 unspecified atom stereocenters. The molecule has 7 nitrogen and oxygen atoms in total. The van der Waals surface area contributed by atoms with E-state index in [2.05, 4.69) is 15.5 Å². The van der Waals surface area contributed by atoms with Crippen LogP contribution in [0.15, 0.2) is 34.7 Å². The zero-order chi connectivity index (χ0) is 15.5. The number of hydrogen-bond donors (Lipinski definition) is 1. The molecule has 1 aromatic carbocycles. The number of aromatic nitrogens is 2. The highest BCUT2D eigenvalue weighted by atomic mass is 32.2. The van der Waals surface area contributed by atoms with E-state index in [1.807, 2.05) is 6.92 Å². The largest absolute Gasteiger partial charge is 0.299 e. The Morgan fingerprint density at radius 3 is 2.57 bits per heavy atom. The van der Waals surface area contributed by atoms with E-state index in [1.54, 1.807) is 12.1 Å². The molecular formula is C12H14N4O3S2. The van der Waals surface area contributed by atoms with Gasteiger partial charge in [0.1, 0.15) is 5.51 Å². The third-order valence-corrected chi connectivity index (χ3v) is 5.13. The van der Waals surface area contributed by atoms with Gasteiger partial charge in [-0.3, -0.25) is 10.1 Å². The molecule has 1 heterocycles. The van der Waals surface area contributed by atoms with Crippen LogP contribution in [-0.4, -0.2) is 42.4 Å². The van der Waals surface area contributed by atoms with Crippen molar-refractivity contribution in [2.24, 2.45) is 0 Å². The van der Waals surface area contributed by atoms with E-state index in [0.717, 1.165) is 21.2 Å². The molecule has 1 N–H and O–H groups in total. The second kappa shape index (κ2) is 6.29. The number of anilines is 1. The van der Waals surface area contributed by atoms with Crippen LogP contribution in [0.3, 0.4) is 0 Å². The Morgan fingerprint density at radius 1 is 1.33 bits per heavy atom. The second-order valence-electron chi connectivity index (χ2n) is 4.37. The summed E-state index contributed by atoms with van der Waals surface area (Å²) in [5.41, 5.74) is 2.44. The Kier molecular flexibility index (Phi) is 4.66. The Morgan fingerprint density at radius 2 is 2.00 bits per heavy atom. The normalized spacial score (nSPS) is 11.6. The molecule has 0 radical (unpaired) electrons. The molecule has 0 spiro atoms. The van der Waals surface area contributed by atoms with Gasteiger partial charge in [0.2, 0.25) is 21.1 Å². The van der Waals surface area contributed by atoms with Gasteiger partial charge >= 0.3 is 0 Å². The molecule has 21 heavy (non-hydrogen) atoms. The molecule has 0 saturated heterocycles. The number of carbonyl (C=O) groups excluding carboxylic acids is 1. The minimum absolute atomic E-state index is 0.152. The number of aryl methyl sites for hydroxylation is 1. The number of likely N-dealkylation sites (N-methyl/N-ethyl adjacent to an activating group) is 1. The lowest BCUT2D eigenvalue weighted by Gasteiger charge is -2.16. The summed E-state index contributed by atoms with van der Waals surface area (Å²) in [7, 11) is -2.33. The SMILES string of the molecule is Cc1ccc(S(=O)(=O)N(C)CC(=O)Nc2nncs2)cc1. The van der Waals surface area contributed by atoms with Crippen LogP contribution in [0.25, 0.3) is 0 Å². The molecular weight excluding hydrogens is 312 g/mol. The van der Waals surface area contributed by atoms with E-state index in [0.29, 0.717) is 5.13 Å². The topological polar surface area (TPSA) is 92.3 Å². The van der Waals surface area contributed by atoms with Crippen molar-refractivity contribution < 1.29 is 13.2 Å². The van der Waals surface area contributed by atoms with Crippen LogP contribution in [0.2, 0.25) is 0 Å². The average molecular weight is 326 g/mol. The van der Waals surface area contributed by atoms with Gasteiger partial charge in [-0.05, 0) is 19.1 Å². The molecule has 9 heteroatoms. The van der Waals surface area contributed by atoms with E-state index >= 15 is 0 Å². The standard InChI is InChI=1S/C12H14N4O3S2/c1-9-3-5-10(6-4-9)21(18,19)16(2)7-11(17)14-12-15-13-8-20-12/h3-6,8H,7H2,1-2H3,(H,14,15,17). The van der Waals surface area contributed by atoms with Crippen LogP contribution < -0.4 is 5.32 Å². The van der Waals surface area contributed by atoms with Crippen molar-refractivity contribution in [1.82, 2.24) is 14.5 Å². The smallest absolute Gasteiger partial charge is 0.243 e. The van der Waals surface area contributed by atoms with Crippen molar-refractivity contribution in [2.45, 2.75) is 11.8 Å². The number of sulfonamides is 1. The number of amides is 1. The van der Waals surface area contributed by atoms with Crippen LogP contribution >= 0.6 is 11.3 Å². The number of rotatable bonds is 5. The molecule has 0 aliphatic rings. The molecule has 0 saturated carbocycles. The van der Waals surface area contributed by atoms with Crippen molar-refractivity contribution in [2.75, 3.05) is 18.9 Å². The first kappa shape index (κ1) is 15.5. The highest BCUT2D eigenvalue weighted by Crippen LogP contribution is 2.15. The van der Waals surface area contributed by atoms with E-state index in [9.17, 15) is 13.2 Å². The fourth-order valence-corrected chi connectivity index (χ4v) is 3.15. The Labute approximate surface area is 126 Å². The zero-order valence-electron chi connectivity index (χ0n) is 11.5. The quantitative estimate of drug-likeness (QED) is 0.888. The first-order valence-electron chi connectivity index (χ1n) is 5.98. The molecule has 112 valence electrons. The molecule has 1 amide bonds. The van der Waals surface area contributed by atoms with Gasteiger partial charge in [0.15, 0.2) is 0 Å². The maximum absolute atomic E-state index is 12.3. The Balaban J connectivity index is 2.06. The van der Waals surface area contributed by atoms with Gasteiger partial charge in [0.25, 0.3) is 0 Å². The molecule has 1 aromatic heterocycles. The lowest BCUT2D eigenvalue weighted by atomic mass is 10.2. The first-order chi connectivity index (χ1) is 9.89. The average Bonchev–Trinajstić information content (AvgIpc) is 2.91. The van der Waals surface area contributed by atoms with Gasteiger partial charge in [-0.25, -0.2) is 8.42 Å². The van der Waals surface area contributed by atoms with Gasteiger partial charge in [0.05, 0.1) is 11.4 Å². The summed E-state index contributed by atoms with van der Waals surface area (Å²) < 4.78 is 25.6. The summed E-state index contributed by atoms with van der Waals surface area (Å²) in [6.45, 7) is 1.57.